The van der Waals surface area contributed by atoms with Crippen molar-refractivity contribution in [3.8, 4) is 0 Å². The largest absolute Gasteiger partial charge is 0.372 e. The van der Waals surface area contributed by atoms with Crippen LogP contribution in [0.1, 0.15) is 30.9 Å². The Kier molecular flexibility index (Phi) is 6.29. The van der Waals surface area contributed by atoms with Crippen molar-refractivity contribution in [1.29, 1.82) is 0 Å². The van der Waals surface area contributed by atoms with E-state index < -0.39 is 0 Å². The monoisotopic (exact) mass is 282 g/mol. The first-order chi connectivity index (χ1) is 10.3. The Hall–Kier alpha value is -1.80. The lowest BCUT2D eigenvalue weighted by molar-refractivity contribution is 0.696. The van der Waals surface area contributed by atoms with Gasteiger partial charge in [0.1, 0.15) is 0 Å². The predicted molar refractivity (Wildman–Crippen MR) is 91.6 cm³/mol. The molecule has 0 bridgehead atoms. The molecule has 0 unspecified atom stereocenters. The standard InChI is InChI=1S/C19H26N2/c1-2-21(19-13-11-18(16-20)12-14-19)15-7-6-10-17-8-4-3-5-9-17/h3-5,8-9,11-14H,2,6-7,10,15-16,20H2,1H3. The molecular weight excluding hydrogens is 256 g/mol. The highest BCUT2D eigenvalue weighted by Crippen LogP contribution is 2.16. The first-order valence-corrected chi connectivity index (χ1v) is 7.91. The molecule has 2 aromatic rings. The SMILES string of the molecule is CCN(CCCCc1ccccc1)c1ccc(CN)cc1. The van der Waals surface area contributed by atoms with Crippen molar-refractivity contribution in [3.05, 3.63) is 65.7 Å². The summed E-state index contributed by atoms with van der Waals surface area (Å²) >= 11 is 0. The molecule has 0 radical (unpaired) electrons. The molecule has 0 saturated carbocycles. The van der Waals surface area contributed by atoms with Gasteiger partial charge in [0, 0.05) is 25.3 Å². The van der Waals surface area contributed by atoms with Gasteiger partial charge < -0.3 is 10.6 Å². The van der Waals surface area contributed by atoms with Crippen molar-refractivity contribution in [2.75, 3.05) is 18.0 Å². The van der Waals surface area contributed by atoms with E-state index in [2.05, 4.69) is 66.4 Å². The van der Waals surface area contributed by atoms with Crippen LogP contribution >= 0.6 is 0 Å². The van der Waals surface area contributed by atoms with Gasteiger partial charge in [-0.1, -0.05) is 42.5 Å². The van der Waals surface area contributed by atoms with E-state index in [1.165, 1.54) is 36.1 Å². The third kappa shape index (κ3) is 4.91. The first kappa shape index (κ1) is 15.6. The molecule has 0 spiro atoms. The van der Waals surface area contributed by atoms with Gasteiger partial charge in [0.2, 0.25) is 0 Å². The summed E-state index contributed by atoms with van der Waals surface area (Å²) in [7, 11) is 0. The van der Waals surface area contributed by atoms with Crippen molar-refractivity contribution in [3.63, 3.8) is 0 Å². The van der Waals surface area contributed by atoms with Gasteiger partial charge >= 0.3 is 0 Å². The highest BCUT2D eigenvalue weighted by molar-refractivity contribution is 5.47. The Morgan fingerprint density at radius 1 is 0.857 bits per heavy atom. The third-order valence-corrected chi connectivity index (χ3v) is 3.91. The van der Waals surface area contributed by atoms with Crippen LogP contribution in [0.15, 0.2) is 54.6 Å². The summed E-state index contributed by atoms with van der Waals surface area (Å²) in [6.45, 7) is 5.00. The molecule has 0 aliphatic rings. The Morgan fingerprint density at radius 3 is 2.19 bits per heavy atom. The molecule has 0 amide bonds. The minimum absolute atomic E-state index is 0.615. The van der Waals surface area contributed by atoms with E-state index in [4.69, 9.17) is 5.73 Å². The van der Waals surface area contributed by atoms with Crippen molar-refractivity contribution in [1.82, 2.24) is 0 Å². The van der Waals surface area contributed by atoms with Crippen LogP contribution < -0.4 is 10.6 Å². The van der Waals surface area contributed by atoms with Gasteiger partial charge in [-0.15, -0.1) is 0 Å². The number of nitrogens with two attached hydrogens (primary N) is 1. The van der Waals surface area contributed by atoms with Gasteiger partial charge in [0.05, 0.1) is 0 Å². The summed E-state index contributed by atoms with van der Waals surface area (Å²) in [6, 6.07) is 19.4. The summed E-state index contributed by atoms with van der Waals surface area (Å²) in [6.07, 6.45) is 3.63. The lowest BCUT2D eigenvalue weighted by Gasteiger charge is -2.23. The molecule has 2 heteroatoms. The van der Waals surface area contributed by atoms with Crippen molar-refractivity contribution >= 4 is 5.69 Å². The van der Waals surface area contributed by atoms with E-state index in [1.54, 1.807) is 0 Å². The van der Waals surface area contributed by atoms with Gasteiger partial charge in [-0.3, -0.25) is 0 Å². The van der Waals surface area contributed by atoms with Crippen LogP contribution in [-0.2, 0) is 13.0 Å². The number of rotatable bonds is 8. The number of hydrogen-bond donors (Lipinski definition) is 1. The van der Waals surface area contributed by atoms with Gasteiger partial charge in [0.15, 0.2) is 0 Å². The van der Waals surface area contributed by atoms with E-state index in [0.29, 0.717) is 6.54 Å². The number of hydrogen-bond acceptors (Lipinski definition) is 2. The second kappa shape index (κ2) is 8.48. The van der Waals surface area contributed by atoms with Crippen LogP contribution in [0.25, 0.3) is 0 Å². The highest BCUT2D eigenvalue weighted by Gasteiger charge is 2.04. The molecule has 0 fully saturated rings. The molecule has 2 rings (SSSR count). The van der Waals surface area contributed by atoms with Gasteiger partial charge in [0.25, 0.3) is 0 Å². The average Bonchev–Trinajstić information content (AvgIpc) is 2.56. The average molecular weight is 282 g/mol. The smallest absolute Gasteiger partial charge is 0.0366 e. The normalized spacial score (nSPS) is 10.6. The second-order valence-corrected chi connectivity index (χ2v) is 5.39. The summed E-state index contributed by atoms with van der Waals surface area (Å²) in [5, 5.41) is 0. The van der Waals surface area contributed by atoms with Crippen LogP contribution in [0, 0.1) is 0 Å². The third-order valence-electron chi connectivity index (χ3n) is 3.91. The molecule has 0 atom stereocenters. The topological polar surface area (TPSA) is 29.3 Å². The Balaban J connectivity index is 1.79. The van der Waals surface area contributed by atoms with Gasteiger partial charge in [-0.25, -0.2) is 0 Å². The number of aryl methyl sites for hydroxylation is 1. The van der Waals surface area contributed by atoms with E-state index in [0.717, 1.165) is 13.1 Å². The Morgan fingerprint density at radius 2 is 1.57 bits per heavy atom. The number of benzene rings is 2. The van der Waals surface area contributed by atoms with Crippen LogP contribution in [0.2, 0.25) is 0 Å². The van der Waals surface area contributed by atoms with Crippen LogP contribution in [0.3, 0.4) is 0 Å². The van der Waals surface area contributed by atoms with E-state index in [-0.39, 0.29) is 0 Å². The van der Waals surface area contributed by atoms with Crippen molar-refractivity contribution < 1.29 is 0 Å². The number of anilines is 1. The summed E-state index contributed by atoms with van der Waals surface area (Å²) in [5.74, 6) is 0. The molecule has 0 aliphatic carbocycles. The zero-order valence-corrected chi connectivity index (χ0v) is 13.0. The van der Waals surface area contributed by atoms with Crippen LogP contribution in [-0.4, -0.2) is 13.1 Å². The van der Waals surface area contributed by atoms with Crippen LogP contribution in [0.4, 0.5) is 5.69 Å². The Labute approximate surface area is 128 Å². The van der Waals surface area contributed by atoms with E-state index in [9.17, 15) is 0 Å². The summed E-state index contributed by atoms with van der Waals surface area (Å²) < 4.78 is 0. The number of nitrogens with zero attached hydrogens (tertiary/aromatic N) is 1. The maximum absolute atomic E-state index is 5.65. The molecule has 2 N–H and O–H groups in total. The number of unbranched alkanes of at least 4 members (excludes halogenated alkanes) is 1. The minimum Gasteiger partial charge on any atom is -0.372 e. The molecule has 112 valence electrons. The maximum atomic E-state index is 5.65. The van der Waals surface area contributed by atoms with Crippen LogP contribution in [0.5, 0.6) is 0 Å². The first-order valence-electron chi connectivity index (χ1n) is 7.91. The zero-order chi connectivity index (χ0) is 14.9. The van der Waals surface area contributed by atoms with Gasteiger partial charge in [-0.05, 0) is 49.4 Å². The summed E-state index contributed by atoms with van der Waals surface area (Å²) in [4.78, 5) is 2.44. The lowest BCUT2D eigenvalue weighted by Crippen LogP contribution is -2.23. The predicted octanol–water partition coefficient (Wildman–Crippen LogP) is 3.99. The zero-order valence-electron chi connectivity index (χ0n) is 13.0. The molecule has 2 nitrogen and oxygen atoms in total. The fraction of sp³-hybridized carbons (Fsp3) is 0.368. The highest BCUT2D eigenvalue weighted by atomic mass is 15.1. The van der Waals surface area contributed by atoms with Crippen molar-refractivity contribution in [2.45, 2.75) is 32.7 Å². The fourth-order valence-corrected chi connectivity index (χ4v) is 2.59. The molecule has 2 aromatic carbocycles. The molecule has 0 aromatic heterocycles. The van der Waals surface area contributed by atoms with Crippen molar-refractivity contribution in [2.24, 2.45) is 5.73 Å². The van der Waals surface area contributed by atoms with E-state index in [1.807, 2.05) is 0 Å². The summed E-state index contributed by atoms with van der Waals surface area (Å²) in [5.41, 5.74) is 9.58. The molecule has 0 heterocycles. The molecule has 0 aliphatic heterocycles. The fourth-order valence-electron chi connectivity index (χ4n) is 2.59. The second-order valence-electron chi connectivity index (χ2n) is 5.39. The van der Waals surface area contributed by atoms with Gasteiger partial charge in [-0.2, -0.15) is 0 Å². The molecular formula is C19H26N2. The lowest BCUT2D eigenvalue weighted by atomic mass is 10.1. The Bertz CT molecular complexity index is 505. The minimum atomic E-state index is 0.615. The maximum Gasteiger partial charge on any atom is 0.0366 e. The molecule has 0 saturated heterocycles. The quantitative estimate of drug-likeness (QED) is 0.742. The molecule has 21 heavy (non-hydrogen) atoms. The van der Waals surface area contributed by atoms with E-state index >= 15 is 0 Å².